The van der Waals surface area contributed by atoms with Gasteiger partial charge in [-0.3, -0.25) is 0 Å². The highest BCUT2D eigenvalue weighted by Crippen LogP contribution is 2.33. The summed E-state index contributed by atoms with van der Waals surface area (Å²) in [5.74, 6) is -1.31. The molecule has 3 nitrogen and oxygen atoms in total. The van der Waals surface area contributed by atoms with E-state index in [9.17, 15) is 4.39 Å². The molecule has 0 aliphatic rings. The maximum Gasteiger partial charge on any atom is 0.194 e. The van der Waals surface area contributed by atoms with Crippen LogP contribution in [0, 0.1) is 5.82 Å². The molecule has 0 N–H and O–H groups in total. The molecule has 1 rings (SSSR count). The molecule has 0 saturated heterocycles. The van der Waals surface area contributed by atoms with Crippen molar-refractivity contribution in [2.75, 3.05) is 21.3 Å². The second kappa shape index (κ2) is 7.28. The lowest BCUT2D eigenvalue weighted by atomic mass is 10.0. The van der Waals surface area contributed by atoms with Crippen LogP contribution in [0.5, 0.6) is 0 Å². The summed E-state index contributed by atoms with van der Waals surface area (Å²) >= 11 is 8.17. The van der Waals surface area contributed by atoms with Gasteiger partial charge in [0.05, 0.1) is 11.6 Å². The highest BCUT2D eigenvalue weighted by atomic mass is 79.9. The molecular weight excluding hydrogens is 335 g/mol. The van der Waals surface area contributed by atoms with Gasteiger partial charge in [0.15, 0.2) is 10.8 Å². The van der Waals surface area contributed by atoms with Crippen molar-refractivity contribution < 1.29 is 18.6 Å². The summed E-state index contributed by atoms with van der Waals surface area (Å²) in [5.41, 5.74) is 0.713. The van der Waals surface area contributed by atoms with E-state index in [2.05, 4.69) is 15.9 Å². The van der Waals surface area contributed by atoms with Crippen LogP contribution in [-0.2, 0) is 20.0 Å². The highest BCUT2D eigenvalue weighted by molar-refractivity contribution is 9.10. The van der Waals surface area contributed by atoms with E-state index in [-0.39, 0.29) is 5.82 Å². The standard InChI is InChI=1S/C13H16BrFO3S/c1-16-12(19)6-7-13(17-2,18-3)9-4-5-11(15)10(14)8-9/h4-5,8H,6-7H2,1-3H3. The number of ether oxygens (including phenoxy) is 3. The summed E-state index contributed by atoms with van der Waals surface area (Å²) in [6.07, 6.45) is 0.979. The number of halogens is 2. The summed E-state index contributed by atoms with van der Waals surface area (Å²) in [6, 6.07) is 4.63. The topological polar surface area (TPSA) is 27.7 Å². The van der Waals surface area contributed by atoms with Crippen molar-refractivity contribution in [3.05, 3.63) is 34.1 Å². The number of thiocarbonyl (C=S) groups is 1. The van der Waals surface area contributed by atoms with Gasteiger partial charge in [-0.2, -0.15) is 0 Å². The molecule has 0 aliphatic heterocycles. The van der Waals surface area contributed by atoms with Crippen LogP contribution in [0.2, 0.25) is 0 Å². The fraction of sp³-hybridized carbons (Fsp3) is 0.462. The Labute approximate surface area is 126 Å². The average molecular weight is 351 g/mol. The molecule has 19 heavy (non-hydrogen) atoms. The Morgan fingerprint density at radius 1 is 1.32 bits per heavy atom. The quantitative estimate of drug-likeness (QED) is 0.576. The molecule has 0 amide bonds. The Morgan fingerprint density at radius 2 is 1.95 bits per heavy atom. The second-order valence-electron chi connectivity index (χ2n) is 3.87. The first kappa shape index (κ1) is 16.5. The zero-order valence-electron chi connectivity index (χ0n) is 11.0. The van der Waals surface area contributed by atoms with E-state index in [1.54, 1.807) is 12.1 Å². The van der Waals surface area contributed by atoms with Gasteiger partial charge in [-0.1, -0.05) is 6.07 Å². The third kappa shape index (κ3) is 3.95. The minimum absolute atomic E-state index is 0.336. The van der Waals surface area contributed by atoms with E-state index in [0.717, 1.165) is 0 Å². The monoisotopic (exact) mass is 350 g/mol. The number of methoxy groups -OCH3 is 3. The first-order valence-corrected chi connectivity index (χ1v) is 6.82. The lowest BCUT2D eigenvalue weighted by Gasteiger charge is -2.31. The van der Waals surface area contributed by atoms with Crippen molar-refractivity contribution in [3.8, 4) is 0 Å². The average Bonchev–Trinajstić information content (AvgIpc) is 2.43. The SMILES string of the molecule is COC(=S)CCC(OC)(OC)c1ccc(F)c(Br)c1. The van der Waals surface area contributed by atoms with Crippen molar-refractivity contribution in [2.45, 2.75) is 18.6 Å². The maximum absolute atomic E-state index is 13.3. The zero-order chi connectivity index (χ0) is 14.5. The molecule has 0 bridgehead atoms. The van der Waals surface area contributed by atoms with Gasteiger partial charge < -0.3 is 14.2 Å². The number of hydrogen-bond acceptors (Lipinski definition) is 4. The first-order chi connectivity index (χ1) is 8.99. The van der Waals surface area contributed by atoms with E-state index in [1.165, 1.54) is 27.4 Å². The van der Waals surface area contributed by atoms with E-state index in [4.69, 9.17) is 26.4 Å². The summed E-state index contributed by atoms with van der Waals surface area (Å²) in [5, 5.41) is 0.472. The lowest BCUT2D eigenvalue weighted by Crippen LogP contribution is -2.31. The molecular formula is C13H16BrFO3S. The van der Waals surface area contributed by atoms with Gasteiger partial charge in [0, 0.05) is 32.6 Å². The molecule has 0 fully saturated rings. The van der Waals surface area contributed by atoms with Gasteiger partial charge >= 0.3 is 0 Å². The smallest absolute Gasteiger partial charge is 0.194 e. The Bertz CT molecular complexity index is 450. The largest absolute Gasteiger partial charge is 0.490 e. The van der Waals surface area contributed by atoms with Crippen LogP contribution >= 0.6 is 28.1 Å². The van der Waals surface area contributed by atoms with Crippen molar-refractivity contribution in [2.24, 2.45) is 0 Å². The van der Waals surface area contributed by atoms with Crippen LogP contribution in [0.15, 0.2) is 22.7 Å². The fourth-order valence-corrected chi connectivity index (χ4v) is 2.25. The summed E-state index contributed by atoms with van der Waals surface area (Å²) < 4.78 is 29.6. The fourth-order valence-electron chi connectivity index (χ4n) is 1.77. The van der Waals surface area contributed by atoms with Crippen molar-refractivity contribution in [1.82, 2.24) is 0 Å². The maximum atomic E-state index is 13.3. The summed E-state index contributed by atoms with van der Waals surface area (Å²) in [6.45, 7) is 0. The Hall–Kier alpha value is -0.560. The molecule has 6 heteroatoms. The van der Waals surface area contributed by atoms with Crippen LogP contribution in [0.25, 0.3) is 0 Å². The first-order valence-electron chi connectivity index (χ1n) is 5.61. The van der Waals surface area contributed by atoms with E-state index in [1.807, 2.05) is 0 Å². The predicted molar refractivity (Wildman–Crippen MR) is 78.6 cm³/mol. The van der Waals surface area contributed by atoms with Crippen LogP contribution < -0.4 is 0 Å². The Morgan fingerprint density at radius 3 is 2.42 bits per heavy atom. The molecule has 0 aromatic heterocycles. The van der Waals surface area contributed by atoms with E-state index in [0.29, 0.717) is 27.9 Å². The molecule has 0 heterocycles. The molecule has 0 saturated carbocycles. The van der Waals surface area contributed by atoms with Gasteiger partial charge in [0.25, 0.3) is 0 Å². The van der Waals surface area contributed by atoms with Crippen molar-refractivity contribution in [1.29, 1.82) is 0 Å². The highest BCUT2D eigenvalue weighted by Gasteiger charge is 2.32. The molecule has 0 spiro atoms. The number of benzene rings is 1. The third-order valence-corrected chi connectivity index (χ3v) is 3.88. The van der Waals surface area contributed by atoms with Crippen LogP contribution in [-0.4, -0.2) is 26.4 Å². The summed E-state index contributed by atoms with van der Waals surface area (Å²) in [4.78, 5) is 0. The molecule has 1 aromatic carbocycles. The van der Waals surface area contributed by atoms with Crippen LogP contribution in [0.1, 0.15) is 18.4 Å². The molecule has 0 unspecified atom stereocenters. The minimum Gasteiger partial charge on any atom is -0.490 e. The lowest BCUT2D eigenvalue weighted by molar-refractivity contribution is -0.219. The third-order valence-electron chi connectivity index (χ3n) is 2.90. The van der Waals surface area contributed by atoms with Gasteiger partial charge in [-0.15, -0.1) is 0 Å². The van der Waals surface area contributed by atoms with Gasteiger partial charge in [-0.25, -0.2) is 4.39 Å². The van der Waals surface area contributed by atoms with E-state index >= 15 is 0 Å². The number of hydrogen-bond donors (Lipinski definition) is 0. The molecule has 0 aliphatic carbocycles. The van der Waals surface area contributed by atoms with Gasteiger partial charge in [0.1, 0.15) is 5.82 Å². The molecule has 0 atom stereocenters. The second-order valence-corrected chi connectivity index (χ2v) is 5.18. The summed E-state index contributed by atoms with van der Waals surface area (Å²) in [7, 11) is 4.60. The molecule has 1 aromatic rings. The van der Waals surface area contributed by atoms with Gasteiger partial charge in [0.2, 0.25) is 0 Å². The van der Waals surface area contributed by atoms with Crippen molar-refractivity contribution >= 4 is 33.2 Å². The molecule has 106 valence electrons. The van der Waals surface area contributed by atoms with Crippen LogP contribution in [0.3, 0.4) is 0 Å². The van der Waals surface area contributed by atoms with Crippen molar-refractivity contribution in [3.63, 3.8) is 0 Å². The van der Waals surface area contributed by atoms with Gasteiger partial charge in [-0.05, 0) is 40.3 Å². The zero-order valence-corrected chi connectivity index (χ0v) is 13.4. The normalized spacial score (nSPS) is 11.4. The Kier molecular flexibility index (Phi) is 6.32. The van der Waals surface area contributed by atoms with Crippen LogP contribution in [0.4, 0.5) is 4.39 Å². The van der Waals surface area contributed by atoms with E-state index < -0.39 is 5.79 Å². The molecule has 0 radical (unpaired) electrons. The Balaban J connectivity index is 3.03. The minimum atomic E-state index is -0.973. The number of rotatable bonds is 6. The predicted octanol–water partition coefficient (Wildman–Crippen LogP) is 3.79.